The topological polar surface area (TPSA) is 50.2 Å². The summed E-state index contributed by atoms with van der Waals surface area (Å²) in [5.41, 5.74) is 0.805. The highest BCUT2D eigenvalue weighted by molar-refractivity contribution is 7.71. The predicted octanol–water partition coefficient (Wildman–Crippen LogP) is 1.85. The highest BCUT2D eigenvalue weighted by Gasteiger charge is 2.01. The van der Waals surface area contributed by atoms with Crippen LogP contribution in [-0.4, -0.2) is 27.9 Å². The number of aliphatic hydroxyl groups excluding tert-OH is 1. The first kappa shape index (κ1) is 12.4. The van der Waals surface area contributed by atoms with Crippen LogP contribution in [0.5, 0.6) is 0 Å². The summed E-state index contributed by atoms with van der Waals surface area (Å²) in [5, 5.41) is 9.04. The Morgan fingerprint density at radius 1 is 1.53 bits per heavy atom. The third-order valence-corrected chi connectivity index (χ3v) is 2.56. The summed E-state index contributed by atoms with van der Waals surface area (Å²) in [7, 11) is 0. The summed E-state index contributed by atoms with van der Waals surface area (Å²) < 4.78 is 7.94. The molecular weight excluding hydrogens is 212 g/mol. The lowest BCUT2D eigenvalue weighted by Gasteiger charge is -2.07. The normalized spacial score (nSPS) is 10.8. The number of imidazole rings is 1. The van der Waals surface area contributed by atoms with Crippen molar-refractivity contribution in [3.63, 3.8) is 0 Å². The SMILES string of the molecule is CCCCOCCn1c(CO)c[nH]c1=S. The van der Waals surface area contributed by atoms with Gasteiger partial charge in [-0.05, 0) is 18.6 Å². The van der Waals surface area contributed by atoms with Crippen molar-refractivity contribution in [1.82, 2.24) is 9.55 Å². The number of hydrogen-bond acceptors (Lipinski definition) is 3. The summed E-state index contributed by atoms with van der Waals surface area (Å²) in [6.45, 7) is 4.27. The highest BCUT2D eigenvalue weighted by Crippen LogP contribution is 2.01. The molecule has 0 radical (unpaired) electrons. The minimum Gasteiger partial charge on any atom is -0.390 e. The van der Waals surface area contributed by atoms with Crippen LogP contribution in [0, 0.1) is 4.77 Å². The summed E-state index contributed by atoms with van der Waals surface area (Å²) in [6.07, 6.45) is 3.96. The van der Waals surface area contributed by atoms with Crippen LogP contribution in [0.1, 0.15) is 25.5 Å². The number of aromatic amines is 1. The molecule has 0 unspecified atom stereocenters. The molecule has 0 aliphatic heterocycles. The van der Waals surface area contributed by atoms with Gasteiger partial charge < -0.3 is 19.4 Å². The fourth-order valence-corrected chi connectivity index (χ4v) is 1.58. The van der Waals surface area contributed by atoms with Crippen LogP contribution in [-0.2, 0) is 17.9 Å². The molecule has 0 fully saturated rings. The van der Waals surface area contributed by atoms with Gasteiger partial charge in [0.15, 0.2) is 4.77 Å². The molecule has 4 nitrogen and oxygen atoms in total. The van der Waals surface area contributed by atoms with Gasteiger partial charge in [-0.25, -0.2) is 0 Å². The summed E-state index contributed by atoms with van der Waals surface area (Å²) in [4.78, 5) is 2.90. The van der Waals surface area contributed by atoms with Gasteiger partial charge in [0, 0.05) is 19.3 Å². The van der Waals surface area contributed by atoms with Crippen molar-refractivity contribution in [2.75, 3.05) is 13.2 Å². The zero-order valence-corrected chi connectivity index (χ0v) is 9.85. The Bertz CT molecular complexity index is 332. The van der Waals surface area contributed by atoms with Gasteiger partial charge in [-0.15, -0.1) is 0 Å². The maximum atomic E-state index is 9.04. The minimum atomic E-state index is 0.00208. The zero-order chi connectivity index (χ0) is 11.1. The van der Waals surface area contributed by atoms with Crippen molar-refractivity contribution in [2.45, 2.75) is 32.9 Å². The lowest BCUT2D eigenvalue weighted by molar-refractivity contribution is 0.121. The van der Waals surface area contributed by atoms with E-state index in [9.17, 15) is 0 Å². The number of hydrogen-bond donors (Lipinski definition) is 2. The molecule has 1 heterocycles. The van der Waals surface area contributed by atoms with Crippen LogP contribution < -0.4 is 0 Å². The number of unbranched alkanes of at least 4 members (excludes halogenated alkanes) is 1. The van der Waals surface area contributed by atoms with Crippen molar-refractivity contribution in [3.8, 4) is 0 Å². The highest BCUT2D eigenvalue weighted by atomic mass is 32.1. The van der Waals surface area contributed by atoms with E-state index in [0.29, 0.717) is 17.9 Å². The monoisotopic (exact) mass is 230 g/mol. The van der Waals surface area contributed by atoms with E-state index in [1.165, 1.54) is 0 Å². The Morgan fingerprint density at radius 2 is 2.33 bits per heavy atom. The molecule has 0 aliphatic carbocycles. The maximum Gasteiger partial charge on any atom is 0.177 e. The van der Waals surface area contributed by atoms with Crippen LogP contribution in [0.15, 0.2) is 6.20 Å². The summed E-state index contributed by atoms with van der Waals surface area (Å²) in [6, 6.07) is 0. The third kappa shape index (κ3) is 3.77. The van der Waals surface area contributed by atoms with E-state index >= 15 is 0 Å². The molecule has 1 aromatic heterocycles. The molecule has 0 amide bonds. The smallest absolute Gasteiger partial charge is 0.177 e. The largest absolute Gasteiger partial charge is 0.390 e. The average molecular weight is 230 g/mol. The van der Waals surface area contributed by atoms with Crippen LogP contribution in [0.2, 0.25) is 0 Å². The summed E-state index contributed by atoms with van der Waals surface area (Å²) >= 11 is 5.08. The molecule has 0 saturated carbocycles. The first-order valence-electron chi connectivity index (χ1n) is 5.25. The van der Waals surface area contributed by atoms with Gasteiger partial charge in [0.05, 0.1) is 18.9 Å². The van der Waals surface area contributed by atoms with E-state index in [1.54, 1.807) is 6.20 Å². The lowest BCUT2D eigenvalue weighted by Crippen LogP contribution is -2.09. The molecule has 86 valence electrons. The molecule has 0 spiro atoms. The van der Waals surface area contributed by atoms with Gasteiger partial charge >= 0.3 is 0 Å². The molecule has 0 bridgehead atoms. The third-order valence-electron chi connectivity index (χ3n) is 2.22. The van der Waals surface area contributed by atoms with E-state index in [1.807, 2.05) is 4.57 Å². The molecule has 15 heavy (non-hydrogen) atoms. The number of nitrogens with one attached hydrogen (secondary N) is 1. The quantitative estimate of drug-likeness (QED) is 0.555. The molecular formula is C10H18N2O2S. The molecule has 0 aromatic carbocycles. The van der Waals surface area contributed by atoms with Gasteiger partial charge in [0.25, 0.3) is 0 Å². The second kappa shape index (κ2) is 6.76. The Kier molecular flexibility index (Phi) is 5.60. The van der Waals surface area contributed by atoms with Crippen molar-refractivity contribution < 1.29 is 9.84 Å². The number of ether oxygens (including phenoxy) is 1. The molecule has 0 saturated heterocycles. The van der Waals surface area contributed by atoms with Crippen molar-refractivity contribution >= 4 is 12.2 Å². The second-order valence-corrected chi connectivity index (χ2v) is 3.75. The molecule has 1 aromatic rings. The standard InChI is InChI=1S/C10H18N2O2S/c1-2-3-5-14-6-4-12-9(8-13)7-11-10(12)15/h7,13H,2-6,8H2,1H3,(H,11,15). The lowest BCUT2D eigenvalue weighted by atomic mass is 10.4. The zero-order valence-electron chi connectivity index (χ0n) is 9.03. The van der Waals surface area contributed by atoms with Crippen LogP contribution in [0.3, 0.4) is 0 Å². The van der Waals surface area contributed by atoms with Crippen LogP contribution in [0.4, 0.5) is 0 Å². The van der Waals surface area contributed by atoms with E-state index in [2.05, 4.69) is 11.9 Å². The number of aromatic nitrogens is 2. The Labute approximate surface area is 94.9 Å². The average Bonchev–Trinajstić information content (AvgIpc) is 2.60. The Hall–Kier alpha value is -0.650. The summed E-state index contributed by atoms with van der Waals surface area (Å²) in [5.74, 6) is 0. The Morgan fingerprint density at radius 3 is 3.00 bits per heavy atom. The minimum absolute atomic E-state index is 0.00208. The van der Waals surface area contributed by atoms with Crippen molar-refractivity contribution in [2.24, 2.45) is 0 Å². The van der Waals surface area contributed by atoms with Gasteiger partial charge in [-0.1, -0.05) is 13.3 Å². The number of nitrogens with zero attached hydrogens (tertiary/aromatic N) is 1. The van der Waals surface area contributed by atoms with Gasteiger partial charge in [0.1, 0.15) is 0 Å². The molecule has 5 heteroatoms. The van der Waals surface area contributed by atoms with E-state index < -0.39 is 0 Å². The maximum absolute atomic E-state index is 9.04. The fourth-order valence-electron chi connectivity index (χ4n) is 1.31. The number of aliphatic hydroxyl groups is 1. The predicted molar refractivity (Wildman–Crippen MR) is 61.3 cm³/mol. The first-order valence-corrected chi connectivity index (χ1v) is 5.66. The van der Waals surface area contributed by atoms with Crippen LogP contribution >= 0.6 is 12.2 Å². The molecule has 0 atom stereocenters. The molecule has 1 rings (SSSR count). The number of rotatable bonds is 7. The molecule has 0 aliphatic rings. The number of H-pyrrole nitrogens is 1. The van der Waals surface area contributed by atoms with Crippen molar-refractivity contribution in [1.29, 1.82) is 0 Å². The molecule has 2 N–H and O–H groups in total. The fraction of sp³-hybridized carbons (Fsp3) is 0.700. The second-order valence-electron chi connectivity index (χ2n) is 3.36. The van der Waals surface area contributed by atoms with Gasteiger partial charge in [-0.3, -0.25) is 0 Å². The van der Waals surface area contributed by atoms with Crippen molar-refractivity contribution in [3.05, 3.63) is 16.7 Å². The van der Waals surface area contributed by atoms with E-state index in [-0.39, 0.29) is 6.61 Å². The Balaban J connectivity index is 2.36. The van der Waals surface area contributed by atoms with E-state index in [4.69, 9.17) is 22.1 Å². The first-order chi connectivity index (χ1) is 7.29. The van der Waals surface area contributed by atoms with Gasteiger partial charge in [-0.2, -0.15) is 0 Å². The van der Waals surface area contributed by atoms with Gasteiger partial charge in [0.2, 0.25) is 0 Å². The van der Waals surface area contributed by atoms with E-state index in [0.717, 1.165) is 25.1 Å². The van der Waals surface area contributed by atoms with Crippen LogP contribution in [0.25, 0.3) is 0 Å².